The molecule has 14 heteroatoms. The molecule has 10 nitrogen and oxygen atoms in total. The van der Waals surface area contributed by atoms with Gasteiger partial charge in [0.15, 0.2) is 19.6 Å². The monoisotopic (exact) mass is 446 g/mol. The maximum absolute atomic E-state index is 10.5. The van der Waals surface area contributed by atoms with Crippen LogP contribution in [-0.2, 0) is 19.2 Å². The molecule has 6 N–H and O–H groups in total. The first kappa shape index (κ1) is 43.6. The fourth-order valence-electron chi connectivity index (χ4n) is 2.53. The molecule has 0 spiro atoms. The fourth-order valence-corrected chi connectivity index (χ4v) is 2.53. The Hall–Kier alpha value is 1.80. The molecule has 0 aromatic rings. The maximum Gasteiger partial charge on any atom is 1.00 e. The summed E-state index contributed by atoms with van der Waals surface area (Å²) in [7, 11) is 0. The largest absolute Gasteiger partial charge is 1.00 e. The van der Waals surface area contributed by atoms with Crippen LogP contribution >= 0.6 is 0 Å². The molecule has 0 aromatic heterocycles. The number of carbonyl (C=O) groups excluding carboxylic acids is 1. The summed E-state index contributed by atoms with van der Waals surface area (Å²) in [4.78, 5) is 42.1. The van der Waals surface area contributed by atoms with Gasteiger partial charge in [-0.15, -0.1) is 0 Å². The van der Waals surface area contributed by atoms with Crippen LogP contribution in [0.25, 0.3) is 0 Å². The molecule has 0 radical (unpaired) electrons. The molecule has 0 aromatic carbocycles. The molecule has 1 saturated carbocycles. The summed E-state index contributed by atoms with van der Waals surface area (Å²) < 4.78 is -1.14. The standard InChI is InChI=1S/C8H11NO8.C6H12.H3N.4Na.4H/c10-5(11)1-9(2-6(12)13,3-7(14)15)4-8(16)17;1-2-4-6-5-3-1;;;;;;;;;/h1-4H2,(H3-,10,11,12,13,14,15,16,17);1-6H2;1H3;;;;;;;;/q;;;4*+1;4*-1. The van der Waals surface area contributed by atoms with Crippen molar-refractivity contribution < 1.29 is 168 Å². The summed E-state index contributed by atoms with van der Waals surface area (Å²) in [6, 6.07) is 0. The Labute approximate surface area is 259 Å². The van der Waals surface area contributed by atoms with Gasteiger partial charge in [-0.1, -0.05) is 38.5 Å². The summed E-state index contributed by atoms with van der Waals surface area (Å²) in [5.74, 6) is -6.19. The molecule has 1 rings (SSSR count). The molecule has 1 aliphatic carbocycles. The quantitative estimate of drug-likeness (QED) is 0.207. The molecule has 1 fully saturated rings. The van der Waals surface area contributed by atoms with Crippen LogP contribution in [-0.4, -0.2) is 69.9 Å². The summed E-state index contributed by atoms with van der Waals surface area (Å²) in [6.45, 7) is -3.77. The average molecular weight is 446 g/mol. The molecular formula is C14H30N2Na4O8. The van der Waals surface area contributed by atoms with Crippen LogP contribution in [0.5, 0.6) is 0 Å². The van der Waals surface area contributed by atoms with Gasteiger partial charge in [-0.25, -0.2) is 14.4 Å². The molecule has 0 bridgehead atoms. The average Bonchev–Trinajstić information content (AvgIpc) is 2.37. The van der Waals surface area contributed by atoms with Gasteiger partial charge in [0, 0.05) is 0 Å². The Morgan fingerprint density at radius 1 is 0.643 bits per heavy atom. The van der Waals surface area contributed by atoms with E-state index in [0.717, 1.165) is 0 Å². The van der Waals surface area contributed by atoms with Crippen molar-refractivity contribution >= 4 is 23.9 Å². The first-order valence-corrected chi connectivity index (χ1v) is 7.37. The second-order valence-corrected chi connectivity index (χ2v) is 5.65. The maximum atomic E-state index is 10.5. The SMILES string of the molecule is C1CCCCC1.N.O=C([O-])C[N+](CC(=O)O)(CC(=O)O)CC(=O)O.[H-].[H-].[H-].[H-].[Na+].[Na+].[Na+].[Na+]. The third-order valence-electron chi connectivity index (χ3n) is 3.38. The smallest absolute Gasteiger partial charge is 1.00 e. The van der Waals surface area contributed by atoms with Gasteiger partial charge in [-0.05, 0) is 0 Å². The van der Waals surface area contributed by atoms with Crippen LogP contribution in [0, 0.1) is 0 Å². The van der Waals surface area contributed by atoms with E-state index in [1.165, 1.54) is 38.5 Å². The van der Waals surface area contributed by atoms with Crippen LogP contribution in [0.4, 0.5) is 0 Å². The summed E-state index contributed by atoms with van der Waals surface area (Å²) in [6.07, 6.45) is 9.00. The number of carbonyl (C=O) groups is 4. The molecule has 0 unspecified atom stereocenters. The molecule has 0 heterocycles. The Morgan fingerprint density at radius 2 is 0.857 bits per heavy atom. The molecule has 0 saturated heterocycles. The molecule has 0 atom stereocenters. The van der Waals surface area contributed by atoms with E-state index in [1.54, 1.807) is 0 Å². The molecule has 0 amide bonds. The Kier molecular flexibility index (Phi) is 39.1. The van der Waals surface area contributed by atoms with Gasteiger partial charge < -0.3 is 37.1 Å². The van der Waals surface area contributed by atoms with Crippen molar-refractivity contribution in [1.29, 1.82) is 0 Å². The fraction of sp³-hybridized carbons (Fsp3) is 0.714. The van der Waals surface area contributed by atoms with Crippen molar-refractivity contribution in [1.82, 2.24) is 6.15 Å². The summed E-state index contributed by atoms with van der Waals surface area (Å²) in [5, 5.41) is 36.2. The van der Waals surface area contributed by atoms with Gasteiger partial charge in [-0.2, -0.15) is 0 Å². The van der Waals surface area contributed by atoms with Crippen molar-refractivity contribution in [3.63, 3.8) is 0 Å². The van der Waals surface area contributed by atoms with Crippen LogP contribution in [0.3, 0.4) is 0 Å². The van der Waals surface area contributed by atoms with E-state index in [2.05, 4.69) is 0 Å². The van der Waals surface area contributed by atoms with Crippen molar-refractivity contribution in [2.75, 3.05) is 26.2 Å². The van der Waals surface area contributed by atoms with Crippen molar-refractivity contribution in [3.05, 3.63) is 0 Å². The summed E-state index contributed by atoms with van der Waals surface area (Å²) in [5.41, 5.74) is 0. The number of aliphatic carboxylic acids is 4. The predicted octanol–water partition coefficient (Wildman–Crippen LogP) is -12.2. The van der Waals surface area contributed by atoms with Crippen LogP contribution in [0.2, 0.25) is 0 Å². The van der Waals surface area contributed by atoms with Crippen molar-refractivity contribution in [3.8, 4) is 0 Å². The third-order valence-corrected chi connectivity index (χ3v) is 3.38. The van der Waals surface area contributed by atoms with Crippen molar-refractivity contribution in [2.24, 2.45) is 0 Å². The van der Waals surface area contributed by atoms with Crippen LogP contribution in [0.15, 0.2) is 0 Å². The van der Waals surface area contributed by atoms with Crippen molar-refractivity contribution in [2.45, 2.75) is 38.5 Å². The zero-order valence-corrected chi connectivity index (χ0v) is 25.6. The zero-order chi connectivity index (χ0) is 17.9. The van der Waals surface area contributed by atoms with Gasteiger partial charge in [0.25, 0.3) is 0 Å². The topological polar surface area (TPSA) is 187 Å². The minimum absolute atomic E-state index is 0. The van der Waals surface area contributed by atoms with Gasteiger partial charge >= 0.3 is 136 Å². The van der Waals surface area contributed by atoms with Crippen LogP contribution < -0.4 is 129 Å². The van der Waals surface area contributed by atoms with E-state index in [-0.39, 0.29) is 130 Å². The molecule has 1 aliphatic rings. The van der Waals surface area contributed by atoms with E-state index in [0.29, 0.717) is 0 Å². The van der Waals surface area contributed by atoms with E-state index < -0.39 is 54.5 Å². The third kappa shape index (κ3) is 25.8. The summed E-state index contributed by atoms with van der Waals surface area (Å²) >= 11 is 0. The number of hydrogen-bond acceptors (Lipinski definition) is 6. The molecule has 148 valence electrons. The van der Waals surface area contributed by atoms with E-state index >= 15 is 0 Å². The molecular weight excluding hydrogens is 416 g/mol. The first-order chi connectivity index (χ1) is 10.7. The first-order valence-electron chi connectivity index (χ1n) is 7.37. The van der Waals surface area contributed by atoms with Gasteiger partial charge in [-0.3, -0.25) is 4.48 Å². The Morgan fingerprint density at radius 3 is 1.00 bits per heavy atom. The number of carboxylic acid groups (broad SMARTS) is 4. The second kappa shape index (κ2) is 25.1. The minimum Gasteiger partial charge on any atom is -1.00 e. The normalized spacial score (nSPS) is 11.7. The van der Waals surface area contributed by atoms with Gasteiger partial charge in [0.2, 0.25) is 0 Å². The zero-order valence-electron chi connectivity index (χ0n) is 21.6. The van der Waals surface area contributed by atoms with E-state index in [9.17, 15) is 24.3 Å². The number of hydrogen-bond donors (Lipinski definition) is 4. The predicted molar refractivity (Wildman–Crippen MR) is 84.8 cm³/mol. The van der Waals surface area contributed by atoms with Crippen LogP contribution in [0.1, 0.15) is 44.2 Å². The number of quaternary nitrogens is 1. The Balaban J connectivity index is -0.0000000357. The van der Waals surface area contributed by atoms with Gasteiger partial charge in [0.1, 0.15) is 6.54 Å². The van der Waals surface area contributed by atoms with Gasteiger partial charge in [0.05, 0.1) is 5.97 Å². The molecule has 28 heavy (non-hydrogen) atoms. The number of rotatable bonds is 8. The number of carboxylic acids is 4. The number of nitrogens with zero attached hydrogens (tertiary/aromatic N) is 1. The minimum atomic E-state index is -1.71. The Bertz CT molecular complexity index is 387. The van der Waals surface area contributed by atoms with E-state index in [4.69, 9.17) is 15.3 Å². The molecule has 0 aliphatic heterocycles. The second-order valence-electron chi connectivity index (χ2n) is 5.65. The van der Waals surface area contributed by atoms with E-state index in [1.807, 2.05) is 0 Å².